The van der Waals surface area contributed by atoms with Gasteiger partial charge in [-0.1, -0.05) is 28.1 Å². The van der Waals surface area contributed by atoms with Crippen LogP contribution in [0.5, 0.6) is 0 Å². The quantitative estimate of drug-likeness (QED) is 0.848. The van der Waals surface area contributed by atoms with E-state index in [9.17, 15) is 18.3 Å². The van der Waals surface area contributed by atoms with Crippen LogP contribution in [0.25, 0.3) is 0 Å². The zero-order valence-corrected chi connectivity index (χ0v) is 11.3. The van der Waals surface area contributed by atoms with Gasteiger partial charge < -0.3 is 5.11 Å². The highest BCUT2D eigenvalue weighted by molar-refractivity contribution is 9.10. The number of aliphatic hydroxyl groups excluding tert-OH is 1. The van der Waals surface area contributed by atoms with Crippen LogP contribution >= 0.6 is 27.3 Å². The Labute approximate surface area is 114 Å². The van der Waals surface area contributed by atoms with E-state index in [0.717, 1.165) is 6.07 Å². The van der Waals surface area contributed by atoms with Crippen LogP contribution in [0.15, 0.2) is 40.2 Å². The summed E-state index contributed by atoms with van der Waals surface area (Å²) in [5.74, 6) is 0. The van der Waals surface area contributed by atoms with Gasteiger partial charge in [-0.15, -0.1) is 11.3 Å². The van der Waals surface area contributed by atoms with Gasteiger partial charge >= 0.3 is 6.18 Å². The summed E-state index contributed by atoms with van der Waals surface area (Å²) >= 11 is 4.23. The lowest BCUT2D eigenvalue weighted by molar-refractivity contribution is -0.139. The molecule has 2 rings (SSSR count). The molecule has 1 nitrogen and oxygen atoms in total. The van der Waals surface area contributed by atoms with Gasteiger partial charge in [0.1, 0.15) is 6.10 Å². The number of rotatable bonds is 2. The highest BCUT2D eigenvalue weighted by Gasteiger charge is 2.35. The van der Waals surface area contributed by atoms with Gasteiger partial charge in [0, 0.05) is 9.35 Å². The first kappa shape index (κ1) is 13.6. The van der Waals surface area contributed by atoms with Crippen molar-refractivity contribution >= 4 is 27.3 Å². The minimum absolute atomic E-state index is 0.131. The smallest absolute Gasteiger partial charge is 0.383 e. The van der Waals surface area contributed by atoms with Crippen LogP contribution in [0.3, 0.4) is 0 Å². The van der Waals surface area contributed by atoms with Crippen LogP contribution in [-0.4, -0.2) is 5.11 Å². The monoisotopic (exact) mass is 336 g/mol. The largest absolute Gasteiger partial charge is 0.416 e. The molecule has 2 aromatic rings. The molecule has 0 spiro atoms. The third-order valence-corrected chi connectivity index (χ3v) is 3.85. The van der Waals surface area contributed by atoms with Crippen molar-refractivity contribution in [1.82, 2.24) is 0 Å². The first-order valence-electron chi connectivity index (χ1n) is 4.97. The first-order chi connectivity index (χ1) is 8.39. The molecule has 0 saturated heterocycles. The molecule has 0 bridgehead atoms. The molecule has 1 N–H and O–H groups in total. The SMILES string of the molecule is OC(c1cccs1)c1ccc(Br)cc1C(F)(F)F. The molecule has 18 heavy (non-hydrogen) atoms. The van der Waals surface area contributed by atoms with E-state index < -0.39 is 17.8 Å². The number of benzene rings is 1. The molecular formula is C12H8BrF3OS. The van der Waals surface area contributed by atoms with E-state index in [2.05, 4.69) is 15.9 Å². The average Bonchev–Trinajstić information content (AvgIpc) is 2.80. The predicted octanol–water partition coefficient (Wildman–Crippen LogP) is 4.61. The molecule has 96 valence electrons. The number of hydrogen-bond acceptors (Lipinski definition) is 2. The predicted molar refractivity (Wildman–Crippen MR) is 67.5 cm³/mol. The van der Waals surface area contributed by atoms with Gasteiger partial charge in [0.05, 0.1) is 5.56 Å². The number of halogens is 4. The Morgan fingerprint density at radius 1 is 1.22 bits per heavy atom. The van der Waals surface area contributed by atoms with Gasteiger partial charge in [-0.25, -0.2) is 0 Å². The van der Waals surface area contributed by atoms with Gasteiger partial charge in [-0.2, -0.15) is 13.2 Å². The van der Waals surface area contributed by atoms with Crippen molar-refractivity contribution < 1.29 is 18.3 Å². The zero-order chi connectivity index (χ0) is 13.3. The van der Waals surface area contributed by atoms with Crippen molar-refractivity contribution in [1.29, 1.82) is 0 Å². The average molecular weight is 337 g/mol. The summed E-state index contributed by atoms with van der Waals surface area (Å²) < 4.78 is 39.0. The van der Waals surface area contributed by atoms with Crippen LogP contribution in [0.2, 0.25) is 0 Å². The van der Waals surface area contributed by atoms with Crippen LogP contribution < -0.4 is 0 Å². The maximum Gasteiger partial charge on any atom is 0.416 e. The molecule has 0 saturated carbocycles. The summed E-state index contributed by atoms with van der Waals surface area (Å²) in [6.07, 6.45) is -5.74. The Hall–Kier alpha value is -0.850. The topological polar surface area (TPSA) is 20.2 Å². The van der Waals surface area contributed by atoms with Crippen molar-refractivity contribution in [3.05, 3.63) is 56.2 Å². The van der Waals surface area contributed by atoms with Crippen LogP contribution in [0.4, 0.5) is 13.2 Å². The number of alkyl halides is 3. The fourth-order valence-electron chi connectivity index (χ4n) is 1.61. The maximum absolute atomic E-state index is 12.9. The lowest BCUT2D eigenvalue weighted by Gasteiger charge is -2.17. The Morgan fingerprint density at radius 3 is 2.50 bits per heavy atom. The Kier molecular flexibility index (Phi) is 3.79. The molecule has 1 aromatic carbocycles. The summed E-state index contributed by atoms with van der Waals surface area (Å²) in [5, 5.41) is 11.7. The van der Waals surface area contributed by atoms with E-state index in [1.807, 2.05) is 0 Å². The summed E-state index contributed by atoms with van der Waals surface area (Å²) in [6.45, 7) is 0. The summed E-state index contributed by atoms with van der Waals surface area (Å²) in [4.78, 5) is 0.489. The molecule has 1 unspecified atom stereocenters. The van der Waals surface area contributed by atoms with Crippen LogP contribution in [0.1, 0.15) is 22.1 Å². The standard InChI is InChI=1S/C12H8BrF3OS/c13-7-3-4-8(9(6-7)12(14,15)16)11(17)10-2-1-5-18-10/h1-6,11,17H. The van der Waals surface area contributed by atoms with E-state index in [4.69, 9.17) is 0 Å². The molecular weight excluding hydrogens is 329 g/mol. The van der Waals surface area contributed by atoms with Crippen LogP contribution in [0, 0.1) is 0 Å². The lowest BCUT2D eigenvalue weighted by atomic mass is 10.0. The molecule has 0 amide bonds. The van der Waals surface area contributed by atoms with Crippen molar-refractivity contribution in [2.75, 3.05) is 0 Å². The van der Waals surface area contributed by atoms with Gasteiger partial charge in [-0.3, -0.25) is 0 Å². The van der Waals surface area contributed by atoms with Gasteiger partial charge in [0.25, 0.3) is 0 Å². The first-order valence-corrected chi connectivity index (χ1v) is 6.65. The number of hydrogen-bond donors (Lipinski definition) is 1. The van der Waals surface area contributed by atoms with E-state index in [-0.39, 0.29) is 5.56 Å². The molecule has 0 aliphatic carbocycles. The van der Waals surface area contributed by atoms with Crippen LogP contribution in [-0.2, 0) is 6.18 Å². The van der Waals surface area contributed by atoms with E-state index in [0.29, 0.717) is 9.35 Å². The number of thiophene rings is 1. The van der Waals surface area contributed by atoms with E-state index >= 15 is 0 Å². The van der Waals surface area contributed by atoms with Crippen molar-refractivity contribution in [2.45, 2.75) is 12.3 Å². The van der Waals surface area contributed by atoms with Gasteiger partial charge in [0.2, 0.25) is 0 Å². The summed E-state index contributed by atoms with van der Waals surface area (Å²) in [5.41, 5.74) is -0.953. The molecule has 0 aliphatic rings. The third-order valence-electron chi connectivity index (χ3n) is 2.43. The zero-order valence-electron chi connectivity index (χ0n) is 8.91. The summed E-state index contributed by atoms with van der Waals surface area (Å²) in [6, 6.07) is 7.05. The lowest BCUT2D eigenvalue weighted by Crippen LogP contribution is -2.12. The second kappa shape index (κ2) is 5.03. The molecule has 1 heterocycles. The van der Waals surface area contributed by atoms with Crippen molar-refractivity contribution in [3.63, 3.8) is 0 Å². The fraction of sp³-hybridized carbons (Fsp3) is 0.167. The van der Waals surface area contributed by atoms with Crippen molar-refractivity contribution in [3.8, 4) is 0 Å². The molecule has 1 aromatic heterocycles. The molecule has 0 fully saturated rings. The second-order valence-corrected chi connectivity index (χ2v) is 5.54. The highest BCUT2D eigenvalue weighted by Crippen LogP contribution is 2.38. The van der Waals surface area contributed by atoms with E-state index in [1.54, 1.807) is 17.5 Å². The van der Waals surface area contributed by atoms with E-state index in [1.165, 1.54) is 23.5 Å². The van der Waals surface area contributed by atoms with Crippen molar-refractivity contribution in [2.24, 2.45) is 0 Å². The highest BCUT2D eigenvalue weighted by atomic mass is 79.9. The minimum atomic E-state index is -4.49. The molecule has 6 heteroatoms. The molecule has 0 radical (unpaired) electrons. The van der Waals surface area contributed by atoms with Gasteiger partial charge in [-0.05, 0) is 29.1 Å². The fourth-order valence-corrected chi connectivity index (χ4v) is 2.70. The Morgan fingerprint density at radius 2 is 1.94 bits per heavy atom. The third kappa shape index (κ3) is 2.76. The normalized spacial score (nSPS) is 13.6. The summed E-state index contributed by atoms with van der Waals surface area (Å²) in [7, 11) is 0. The maximum atomic E-state index is 12.9. The molecule has 1 atom stereocenters. The van der Waals surface area contributed by atoms with Gasteiger partial charge in [0.15, 0.2) is 0 Å². The second-order valence-electron chi connectivity index (χ2n) is 3.65. The minimum Gasteiger partial charge on any atom is -0.383 e. The Balaban J connectivity index is 2.51. The number of aliphatic hydroxyl groups is 1. The Bertz CT molecular complexity index is 537. The molecule has 0 aliphatic heterocycles.